The summed E-state index contributed by atoms with van der Waals surface area (Å²) in [5.74, 6) is -1.05. The van der Waals surface area contributed by atoms with E-state index < -0.39 is 4.92 Å². The summed E-state index contributed by atoms with van der Waals surface area (Å²) in [6, 6.07) is 11.1. The van der Waals surface area contributed by atoms with Crippen LogP contribution in [-0.2, 0) is 4.79 Å². The summed E-state index contributed by atoms with van der Waals surface area (Å²) in [4.78, 5) is 48.2. The molecule has 2 aromatic carbocycles. The van der Waals surface area contributed by atoms with Crippen molar-refractivity contribution in [2.45, 2.75) is 19.8 Å². The minimum Gasteiger partial charge on any atom is -0.326 e. The van der Waals surface area contributed by atoms with E-state index >= 15 is 0 Å². The molecule has 3 rings (SSSR count). The quantitative estimate of drug-likeness (QED) is 0.479. The van der Waals surface area contributed by atoms with Crippen LogP contribution in [0.1, 0.15) is 39.1 Å². The smallest absolute Gasteiger partial charge is 0.274 e. The van der Waals surface area contributed by atoms with Crippen LogP contribution in [0.4, 0.5) is 11.4 Å². The fraction of sp³-hybridized carbons (Fsp3) is 0.211. The summed E-state index contributed by atoms with van der Waals surface area (Å²) in [5, 5.41) is 13.6. The number of imide groups is 1. The monoisotopic (exact) mass is 367 g/mol. The number of nitrogens with one attached hydrogen (secondary N) is 1. The number of hydrogen-bond acceptors (Lipinski definition) is 5. The van der Waals surface area contributed by atoms with Crippen LogP contribution in [0.15, 0.2) is 42.5 Å². The second-order valence-corrected chi connectivity index (χ2v) is 6.17. The van der Waals surface area contributed by atoms with E-state index in [1.165, 1.54) is 12.1 Å². The molecule has 0 saturated carbocycles. The molecule has 3 amide bonds. The lowest BCUT2D eigenvalue weighted by atomic mass is 10.1. The molecule has 0 aromatic heterocycles. The molecular formula is C19H17N3O5. The molecule has 8 heteroatoms. The molecule has 0 saturated heterocycles. The Bertz CT molecular complexity index is 919. The molecule has 1 aliphatic rings. The van der Waals surface area contributed by atoms with Crippen molar-refractivity contribution in [1.29, 1.82) is 0 Å². The molecule has 8 nitrogen and oxygen atoms in total. The summed E-state index contributed by atoms with van der Waals surface area (Å²) >= 11 is 0. The fourth-order valence-electron chi connectivity index (χ4n) is 3.01. The molecule has 1 N–H and O–H groups in total. The number of amides is 3. The first-order chi connectivity index (χ1) is 12.9. The van der Waals surface area contributed by atoms with Crippen molar-refractivity contribution in [2.75, 3.05) is 11.9 Å². The van der Waals surface area contributed by atoms with Gasteiger partial charge in [0.05, 0.1) is 27.3 Å². The van der Waals surface area contributed by atoms with E-state index in [1.54, 1.807) is 37.3 Å². The van der Waals surface area contributed by atoms with Gasteiger partial charge in [-0.3, -0.25) is 29.4 Å². The van der Waals surface area contributed by atoms with Gasteiger partial charge < -0.3 is 5.32 Å². The number of carbonyl (C=O) groups excluding carboxylic acids is 3. The maximum atomic E-state index is 12.3. The number of nitro groups is 1. The van der Waals surface area contributed by atoms with Gasteiger partial charge in [-0.05, 0) is 31.5 Å². The van der Waals surface area contributed by atoms with Gasteiger partial charge in [-0.1, -0.05) is 18.2 Å². The van der Waals surface area contributed by atoms with E-state index in [9.17, 15) is 24.5 Å². The van der Waals surface area contributed by atoms with Gasteiger partial charge in [-0.15, -0.1) is 0 Å². The van der Waals surface area contributed by atoms with Gasteiger partial charge in [0.25, 0.3) is 17.5 Å². The van der Waals surface area contributed by atoms with E-state index in [4.69, 9.17) is 0 Å². The second-order valence-electron chi connectivity index (χ2n) is 6.17. The Kier molecular flexibility index (Phi) is 4.98. The Hall–Kier alpha value is -3.55. The van der Waals surface area contributed by atoms with Crippen LogP contribution in [0.2, 0.25) is 0 Å². The molecule has 1 aliphatic heterocycles. The molecule has 0 aliphatic carbocycles. The van der Waals surface area contributed by atoms with Gasteiger partial charge in [0.15, 0.2) is 0 Å². The van der Waals surface area contributed by atoms with Gasteiger partial charge in [0, 0.05) is 19.0 Å². The van der Waals surface area contributed by atoms with E-state index in [0.717, 1.165) is 4.90 Å². The van der Waals surface area contributed by atoms with Crippen molar-refractivity contribution in [2.24, 2.45) is 0 Å². The van der Waals surface area contributed by atoms with Crippen molar-refractivity contribution in [1.82, 2.24) is 4.90 Å². The van der Waals surface area contributed by atoms with Crippen molar-refractivity contribution in [3.8, 4) is 0 Å². The standard InChI is InChI=1S/C19H17N3O5/c1-12-15(8-4-9-16(12)22(26)27)20-17(23)10-5-11-21-18(24)13-6-2-3-7-14(13)19(21)25/h2-4,6-9H,5,10-11H2,1H3,(H,20,23). The van der Waals surface area contributed by atoms with Gasteiger partial charge in [0.2, 0.25) is 5.91 Å². The topological polar surface area (TPSA) is 110 Å². The molecular weight excluding hydrogens is 350 g/mol. The molecule has 1 heterocycles. The summed E-state index contributed by atoms with van der Waals surface area (Å²) in [6.07, 6.45) is 0.376. The van der Waals surface area contributed by atoms with Crippen LogP contribution >= 0.6 is 0 Å². The highest BCUT2D eigenvalue weighted by molar-refractivity contribution is 6.21. The maximum absolute atomic E-state index is 12.3. The number of fused-ring (bicyclic) bond motifs is 1. The zero-order valence-electron chi connectivity index (χ0n) is 14.6. The van der Waals surface area contributed by atoms with Gasteiger partial charge in [0.1, 0.15) is 0 Å². The summed E-state index contributed by atoms with van der Waals surface area (Å²) < 4.78 is 0. The Morgan fingerprint density at radius 2 is 1.70 bits per heavy atom. The summed E-state index contributed by atoms with van der Waals surface area (Å²) in [6.45, 7) is 1.69. The number of benzene rings is 2. The lowest BCUT2D eigenvalue weighted by molar-refractivity contribution is -0.385. The third-order valence-corrected chi connectivity index (χ3v) is 4.44. The normalized spacial score (nSPS) is 12.9. The first-order valence-corrected chi connectivity index (χ1v) is 8.39. The van der Waals surface area contributed by atoms with Crippen molar-refractivity contribution >= 4 is 29.1 Å². The fourth-order valence-corrected chi connectivity index (χ4v) is 3.01. The van der Waals surface area contributed by atoms with Crippen LogP contribution in [0.5, 0.6) is 0 Å². The average Bonchev–Trinajstić information content (AvgIpc) is 2.88. The third-order valence-electron chi connectivity index (χ3n) is 4.44. The van der Waals surface area contributed by atoms with E-state index in [-0.39, 0.29) is 36.4 Å². The zero-order valence-corrected chi connectivity index (χ0v) is 14.6. The van der Waals surface area contributed by atoms with E-state index in [1.807, 2.05) is 0 Å². The predicted octanol–water partition coefficient (Wildman–Crippen LogP) is 2.92. The molecule has 0 unspecified atom stereocenters. The van der Waals surface area contributed by atoms with Gasteiger partial charge in [-0.25, -0.2) is 0 Å². The number of anilines is 1. The highest BCUT2D eigenvalue weighted by Gasteiger charge is 2.34. The van der Waals surface area contributed by atoms with Crippen LogP contribution in [0.25, 0.3) is 0 Å². The minimum absolute atomic E-state index is 0.0705. The molecule has 0 atom stereocenters. The summed E-state index contributed by atoms with van der Waals surface area (Å²) in [5.41, 5.74) is 1.42. The molecule has 2 aromatic rings. The van der Waals surface area contributed by atoms with Crippen LogP contribution < -0.4 is 5.32 Å². The highest BCUT2D eigenvalue weighted by Crippen LogP contribution is 2.25. The third kappa shape index (κ3) is 3.55. The molecule has 0 spiro atoms. The van der Waals surface area contributed by atoms with E-state index in [2.05, 4.69) is 5.32 Å². The lowest BCUT2D eigenvalue weighted by Gasteiger charge is -2.13. The van der Waals surface area contributed by atoms with Gasteiger partial charge in [-0.2, -0.15) is 0 Å². The first-order valence-electron chi connectivity index (χ1n) is 8.39. The van der Waals surface area contributed by atoms with Crippen molar-refractivity contribution in [3.63, 3.8) is 0 Å². The van der Waals surface area contributed by atoms with E-state index in [0.29, 0.717) is 28.8 Å². The number of nitrogens with zero attached hydrogens (tertiary/aromatic N) is 2. The second kappa shape index (κ2) is 7.36. The first kappa shape index (κ1) is 18.2. The Labute approximate surface area is 154 Å². The highest BCUT2D eigenvalue weighted by atomic mass is 16.6. The maximum Gasteiger partial charge on any atom is 0.274 e. The number of rotatable bonds is 6. The average molecular weight is 367 g/mol. The predicted molar refractivity (Wildman–Crippen MR) is 97.5 cm³/mol. The SMILES string of the molecule is Cc1c(NC(=O)CCCN2C(=O)c3ccccc3C2=O)cccc1[N+](=O)[O-]. The summed E-state index contributed by atoms with van der Waals surface area (Å²) in [7, 11) is 0. The Morgan fingerprint density at radius 1 is 1.07 bits per heavy atom. The van der Waals surface area contributed by atoms with Gasteiger partial charge >= 0.3 is 0 Å². The molecule has 0 radical (unpaired) electrons. The Balaban J connectivity index is 1.57. The molecule has 27 heavy (non-hydrogen) atoms. The van der Waals surface area contributed by atoms with Crippen LogP contribution in [0.3, 0.4) is 0 Å². The number of nitro benzene ring substituents is 1. The minimum atomic E-state index is -0.507. The largest absolute Gasteiger partial charge is 0.326 e. The number of carbonyl (C=O) groups is 3. The molecule has 0 bridgehead atoms. The van der Waals surface area contributed by atoms with Crippen molar-refractivity contribution < 1.29 is 19.3 Å². The Morgan fingerprint density at radius 3 is 2.30 bits per heavy atom. The molecule has 0 fully saturated rings. The number of hydrogen-bond donors (Lipinski definition) is 1. The van der Waals surface area contributed by atoms with Crippen LogP contribution in [0, 0.1) is 17.0 Å². The zero-order chi connectivity index (χ0) is 19.6. The lowest BCUT2D eigenvalue weighted by Crippen LogP contribution is -2.31. The van der Waals surface area contributed by atoms with Crippen LogP contribution in [-0.4, -0.2) is 34.1 Å². The molecule has 138 valence electrons. The van der Waals surface area contributed by atoms with Crippen molar-refractivity contribution in [3.05, 3.63) is 69.3 Å².